The predicted octanol–water partition coefficient (Wildman–Crippen LogP) is 4.25. The molecule has 7 heteroatoms. The van der Waals surface area contributed by atoms with Crippen LogP contribution in [-0.4, -0.2) is 36.5 Å². The van der Waals surface area contributed by atoms with Gasteiger partial charge in [0.1, 0.15) is 0 Å². The van der Waals surface area contributed by atoms with Crippen molar-refractivity contribution < 1.29 is 14.4 Å². The zero-order valence-corrected chi connectivity index (χ0v) is 20.1. The molecule has 0 saturated carbocycles. The number of imide groups is 1. The summed E-state index contributed by atoms with van der Waals surface area (Å²) in [5.74, 6) is -0.653. The lowest BCUT2D eigenvalue weighted by Gasteiger charge is -2.40. The van der Waals surface area contributed by atoms with Gasteiger partial charge in [0.25, 0.3) is 0 Å². The first-order valence-electron chi connectivity index (χ1n) is 11.5. The summed E-state index contributed by atoms with van der Waals surface area (Å²) >= 11 is 0. The maximum atomic E-state index is 12.9. The van der Waals surface area contributed by atoms with Gasteiger partial charge in [-0.3, -0.25) is 14.9 Å². The molecular formula is C26H34N4O3. The minimum atomic E-state index is -0.560. The summed E-state index contributed by atoms with van der Waals surface area (Å²) in [5, 5.41) is 8.25. The second-order valence-corrected chi connectivity index (χ2v) is 8.96. The van der Waals surface area contributed by atoms with E-state index in [4.69, 9.17) is 0 Å². The van der Waals surface area contributed by atoms with Crippen molar-refractivity contribution in [1.82, 2.24) is 10.6 Å². The molecule has 0 aromatic heterocycles. The molecule has 3 rings (SSSR count). The molecule has 2 aromatic carbocycles. The van der Waals surface area contributed by atoms with Crippen LogP contribution < -0.4 is 20.9 Å². The van der Waals surface area contributed by atoms with Gasteiger partial charge in [-0.25, -0.2) is 4.79 Å². The van der Waals surface area contributed by atoms with E-state index in [0.29, 0.717) is 12.1 Å². The molecule has 0 unspecified atom stereocenters. The Morgan fingerprint density at radius 3 is 2.55 bits per heavy atom. The van der Waals surface area contributed by atoms with Crippen molar-refractivity contribution >= 4 is 29.2 Å². The molecule has 0 spiro atoms. The van der Waals surface area contributed by atoms with E-state index in [2.05, 4.69) is 16.0 Å². The zero-order chi connectivity index (χ0) is 24.1. The van der Waals surface area contributed by atoms with Crippen molar-refractivity contribution in [2.75, 3.05) is 16.8 Å². The summed E-state index contributed by atoms with van der Waals surface area (Å²) < 4.78 is 0. The minimum absolute atomic E-state index is 0.0144. The first-order chi connectivity index (χ1) is 15.7. The number of rotatable bonds is 6. The molecule has 0 radical (unpaired) electrons. The highest BCUT2D eigenvalue weighted by Gasteiger charge is 2.35. The van der Waals surface area contributed by atoms with E-state index in [1.165, 1.54) is 0 Å². The van der Waals surface area contributed by atoms with E-state index >= 15 is 0 Å². The van der Waals surface area contributed by atoms with E-state index in [1.54, 1.807) is 0 Å². The van der Waals surface area contributed by atoms with Crippen LogP contribution in [0.2, 0.25) is 0 Å². The van der Waals surface area contributed by atoms with Crippen LogP contribution in [0.5, 0.6) is 0 Å². The maximum absolute atomic E-state index is 12.9. The number of para-hydroxylation sites is 1. The van der Waals surface area contributed by atoms with Crippen molar-refractivity contribution in [2.45, 2.75) is 65.5 Å². The molecule has 2 aromatic rings. The number of carbonyl (C=O) groups excluding carboxylic acids is 3. The monoisotopic (exact) mass is 450 g/mol. The molecule has 3 atom stereocenters. The first kappa shape index (κ1) is 24.3. The van der Waals surface area contributed by atoms with Gasteiger partial charge < -0.3 is 15.5 Å². The van der Waals surface area contributed by atoms with Gasteiger partial charge in [-0.15, -0.1) is 0 Å². The van der Waals surface area contributed by atoms with E-state index in [9.17, 15) is 14.4 Å². The van der Waals surface area contributed by atoms with Gasteiger partial charge in [-0.1, -0.05) is 42.8 Å². The second kappa shape index (κ2) is 10.5. The Morgan fingerprint density at radius 2 is 1.85 bits per heavy atom. The summed E-state index contributed by atoms with van der Waals surface area (Å²) in [6.45, 7) is 9.96. The number of hydrogen-bond donors (Lipinski definition) is 3. The third-order valence-corrected chi connectivity index (χ3v) is 6.25. The number of urea groups is 1. The van der Waals surface area contributed by atoms with Gasteiger partial charge in [0.2, 0.25) is 11.8 Å². The number of nitrogens with one attached hydrogen (secondary N) is 3. The summed E-state index contributed by atoms with van der Waals surface area (Å²) in [4.78, 5) is 40.0. The molecule has 4 amide bonds. The minimum Gasteiger partial charge on any atom is -0.359 e. The van der Waals surface area contributed by atoms with Crippen LogP contribution in [0.4, 0.5) is 16.2 Å². The average molecular weight is 451 g/mol. The van der Waals surface area contributed by atoms with Gasteiger partial charge >= 0.3 is 6.03 Å². The third-order valence-electron chi connectivity index (χ3n) is 6.25. The van der Waals surface area contributed by atoms with Gasteiger partial charge in [-0.2, -0.15) is 0 Å². The van der Waals surface area contributed by atoms with E-state index in [-0.39, 0.29) is 30.5 Å². The van der Waals surface area contributed by atoms with Crippen LogP contribution in [0.3, 0.4) is 0 Å². The van der Waals surface area contributed by atoms with E-state index in [1.807, 2.05) is 82.0 Å². The fraction of sp³-hybridized carbons (Fsp3) is 0.423. The lowest BCUT2D eigenvalue weighted by atomic mass is 9.85. The van der Waals surface area contributed by atoms with Crippen molar-refractivity contribution in [2.24, 2.45) is 0 Å². The lowest BCUT2D eigenvalue weighted by molar-refractivity contribution is -0.123. The van der Waals surface area contributed by atoms with Crippen LogP contribution in [-0.2, 0) is 9.59 Å². The van der Waals surface area contributed by atoms with Gasteiger partial charge in [0, 0.05) is 23.5 Å². The maximum Gasteiger partial charge on any atom is 0.325 e. The van der Waals surface area contributed by atoms with Crippen molar-refractivity contribution in [1.29, 1.82) is 0 Å². The van der Waals surface area contributed by atoms with Crippen molar-refractivity contribution in [3.05, 3.63) is 59.2 Å². The number of anilines is 2. The highest BCUT2D eigenvalue weighted by atomic mass is 16.2. The Balaban J connectivity index is 1.69. The van der Waals surface area contributed by atoms with Crippen LogP contribution in [0, 0.1) is 13.8 Å². The molecule has 33 heavy (non-hydrogen) atoms. The molecule has 1 aliphatic heterocycles. The van der Waals surface area contributed by atoms with Crippen molar-refractivity contribution in [3.8, 4) is 0 Å². The fourth-order valence-electron chi connectivity index (χ4n) is 4.24. The molecule has 0 fully saturated rings. The topological polar surface area (TPSA) is 90.5 Å². The normalized spacial score (nSPS) is 18.2. The summed E-state index contributed by atoms with van der Waals surface area (Å²) in [7, 11) is 0. The van der Waals surface area contributed by atoms with E-state index < -0.39 is 11.9 Å². The highest BCUT2D eigenvalue weighted by Crippen LogP contribution is 2.38. The Morgan fingerprint density at radius 1 is 1.12 bits per heavy atom. The van der Waals surface area contributed by atoms with Gasteiger partial charge in [-0.05, 0) is 63.8 Å². The van der Waals surface area contributed by atoms with Crippen LogP contribution in [0.15, 0.2) is 42.5 Å². The molecule has 0 saturated heterocycles. The number of nitrogens with zero attached hydrogens (tertiary/aromatic N) is 1. The lowest BCUT2D eigenvalue weighted by Crippen LogP contribution is -2.49. The number of fused-ring (bicyclic) bond motifs is 1. The standard InChI is InChI=1S/C26H34N4O3/c1-6-18(4)27-25(32)21-14-19(5)30(23-10-8-7-9-20(21)23)15-24(31)29-26(33)28-22-12-11-16(2)13-17(22)3/h7-13,18-19,21H,6,14-15H2,1-5H3,(H,27,32)(H2,28,29,31,33)/t18-,19+,21-/m0/s1. The quantitative estimate of drug-likeness (QED) is 0.614. The number of aryl methyl sites for hydroxylation is 2. The van der Waals surface area contributed by atoms with Gasteiger partial charge in [0.15, 0.2) is 0 Å². The number of carbonyl (C=O) groups is 3. The second-order valence-electron chi connectivity index (χ2n) is 8.96. The number of hydrogen-bond acceptors (Lipinski definition) is 4. The Kier molecular flexibility index (Phi) is 7.74. The van der Waals surface area contributed by atoms with Crippen LogP contribution in [0.25, 0.3) is 0 Å². The van der Waals surface area contributed by atoms with Gasteiger partial charge in [0.05, 0.1) is 12.5 Å². The average Bonchev–Trinajstić information content (AvgIpc) is 2.77. The number of benzene rings is 2. The summed E-state index contributed by atoms with van der Waals surface area (Å²) in [5.41, 5.74) is 4.45. The van der Waals surface area contributed by atoms with Crippen LogP contribution in [0.1, 0.15) is 56.2 Å². The molecule has 176 valence electrons. The van der Waals surface area contributed by atoms with Crippen molar-refractivity contribution in [3.63, 3.8) is 0 Å². The Hall–Kier alpha value is -3.35. The highest BCUT2D eigenvalue weighted by molar-refractivity contribution is 6.03. The molecular weight excluding hydrogens is 416 g/mol. The Bertz CT molecular complexity index is 1040. The molecule has 7 nitrogen and oxygen atoms in total. The summed E-state index contributed by atoms with van der Waals surface area (Å²) in [6, 6.07) is 12.9. The zero-order valence-electron chi connectivity index (χ0n) is 20.1. The predicted molar refractivity (Wildman–Crippen MR) is 132 cm³/mol. The van der Waals surface area contributed by atoms with Crippen LogP contribution >= 0.6 is 0 Å². The molecule has 0 aliphatic carbocycles. The molecule has 3 N–H and O–H groups in total. The molecule has 0 bridgehead atoms. The molecule has 1 aliphatic rings. The largest absolute Gasteiger partial charge is 0.359 e. The summed E-state index contributed by atoms with van der Waals surface area (Å²) in [6.07, 6.45) is 1.47. The first-order valence-corrected chi connectivity index (χ1v) is 11.5. The third kappa shape index (κ3) is 5.92. The number of amides is 4. The SMILES string of the molecule is CC[C@H](C)NC(=O)[C@H]1C[C@@H](C)N(CC(=O)NC(=O)Nc2ccc(C)cc2C)c2ccccc21. The smallest absolute Gasteiger partial charge is 0.325 e. The Labute approximate surface area is 195 Å². The molecule has 1 heterocycles. The fourth-order valence-corrected chi connectivity index (χ4v) is 4.24. The van der Waals surface area contributed by atoms with E-state index in [0.717, 1.165) is 28.8 Å².